The fourth-order valence-corrected chi connectivity index (χ4v) is 3.23. The number of likely N-dealkylation sites (tertiary alicyclic amines) is 1. The molecule has 25 heavy (non-hydrogen) atoms. The van der Waals surface area contributed by atoms with E-state index in [1.807, 2.05) is 6.92 Å². The van der Waals surface area contributed by atoms with Crippen LogP contribution >= 0.6 is 11.6 Å². The van der Waals surface area contributed by atoms with Crippen molar-refractivity contribution in [3.05, 3.63) is 70.5 Å². The lowest BCUT2D eigenvalue weighted by Crippen LogP contribution is -2.30. The van der Waals surface area contributed by atoms with Crippen LogP contribution in [0.4, 0.5) is 0 Å². The Kier molecular flexibility index (Phi) is 4.86. The van der Waals surface area contributed by atoms with Crippen LogP contribution in [-0.4, -0.2) is 33.2 Å². The molecule has 5 nitrogen and oxygen atoms in total. The zero-order valence-corrected chi connectivity index (χ0v) is 14.4. The minimum Gasteiger partial charge on any atom is -0.507 e. The van der Waals surface area contributed by atoms with Gasteiger partial charge >= 0.3 is 0 Å². The molecule has 1 aromatic heterocycles. The molecule has 1 amide bonds. The number of aliphatic hydroxyl groups is 1. The average Bonchev–Trinajstić information content (AvgIpc) is 2.87. The van der Waals surface area contributed by atoms with E-state index in [0.717, 1.165) is 5.56 Å². The number of ketones is 1. The number of aromatic nitrogens is 1. The molecule has 1 fully saturated rings. The highest BCUT2D eigenvalue weighted by atomic mass is 35.5. The van der Waals surface area contributed by atoms with E-state index in [-0.39, 0.29) is 11.3 Å². The summed E-state index contributed by atoms with van der Waals surface area (Å²) in [6.45, 7) is 2.35. The zero-order valence-electron chi connectivity index (χ0n) is 13.6. The molecule has 1 aromatic carbocycles. The molecule has 0 bridgehead atoms. The third-order valence-electron chi connectivity index (χ3n) is 4.12. The summed E-state index contributed by atoms with van der Waals surface area (Å²) in [5.41, 5.74) is 1.21. The third-order valence-corrected chi connectivity index (χ3v) is 4.36. The second-order valence-electron chi connectivity index (χ2n) is 5.78. The van der Waals surface area contributed by atoms with Gasteiger partial charge in [-0.2, -0.15) is 0 Å². The van der Waals surface area contributed by atoms with Crippen LogP contribution in [0.2, 0.25) is 5.02 Å². The summed E-state index contributed by atoms with van der Waals surface area (Å²) in [5.74, 6) is -1.51. The van der Waals surface area contributed by atoms with Crippen LogP contribution in [-0.2, 0) is 9.59 Å². The second-order valence-corrected chi connectivity index (χ2v) is 6.22. The van der Waals surface area contributed by atoms with Gasteiger partial charge in [-0.25, -0.2) is 0 Å². The van der Waals surface area contributed by atoms with Gasteiger partial charge in [0.15, 0.2) is 0 Å². The summed E-state index contributed by atoms with van der Waals surface area (Å²) >= 11 is 5.99. The fraction of sp³-hybridized carbons (Fsp3) is 0.211. The van der Waals surface area contributed by atoms with Crippen molar-refractivity contribution in [1.29, 1.82) is 0 Å². The van der Waals surface area contributed by atoms with Gasteiger partial charge in [0.2, 0.25) is 0 Å². The van der Waals surface area contributed by atoms with Crippen molar-refractivity contribution in [3.63, 3.8) is 0 Å². The first kappa shape index (κ1) is 17.2. The number of rotatable bonds is 4. The highest BCUT2D eigenvalue weighted by molar-refractivity contribution is 6.46. The summed E-state index contributed by atoms with van der Waals surface area (Å²) in [4.78, 5) is 30.6. The average molecular weight is 357 g/mol. The lowest BCUT2D eigenvalue weighted by molar-refractivity contribution is -0.139. The molecule has 6 heteroatoms. The van der Waals surface area contributed by atoms with Gasteiger partial charge < -0.3 is 10.0 Å². The van der Waals surface area contributed by atoms with E-state index in [1.54, 1.807) is 48.8 Å². The quantitative estimate of drug-likeness (QED) is 0.516. The number of amides is 1. The monoisotopic (exact) mass is 356 g/mol. The predicted octanol–water partition coefficient (Wildman–Crippen LogP) is 3.57. The number of aliphatic hydroxyl groups excluding tert-OH is 1. The number of nitrogens with zero attached hydrogens (tertiary/aromatic N) is 2. The van der Waals surface area contributed by atoms with Gasteiger partial charge in [-0.05, 0) is 36.2 Å². The van der Waals surface area contributed by atoms with Gasteiger partial charge in [-0.15, -0.1) is 0 Å². The van der Waals surface area contributed by atoms with Gasteiger partial charge in [0.1, 0.15) is 5.76 Å². The summed E-state index contributed by atoms with van der Waals surface area (Å²) in [6, 6.07) is 9.41. The number of carbonyl (C=O) groups is 2. The number of carbonyl (C=O) groups excluding carboxylic acids is 2. The molecule has 1 aliphatic heterocycles. The second kappa shape index (κ2) is 7.07. The molecule has 2 aromatic rings. The van der Waals surface area contributed by atoms with Crippen LogP contribution in [0.3, 0.4) is 0 Å². The van der Waals surface area contributed by atoms with E-state index in [4.69, 9.17) is 11.6 Å². The molecular formula is C19H17ClN2O3. The Morgan fingerprint density at radius 1 is 1.24 bits per heavy atom. The summed E-state index contributed by atoms with van der Waals surface area (Å²) in [6.07, 6.45) is 3.90. The van der Waals surface area contributed by atoms with Gasteiger partial charge in [-0.3, -0.25) is 14.6 Å². The number of pyridine rings is 1. The number of benzene rings is 1. The Morgan fingerprint density at radius 2 is 1.96 bits per heavy atom. The van der Waals surface area contributed by atoms with Gasteiger partial charge in [0.05, 0.1) is 11.6 Å². The minimum atomic E-state index is -0.687. The highest BCUT2D eigenvalue weighted by Crippen LogP contribution is 2.39. The molecule has 1 atom stereocenters. The van der Waals surface area contributed by atoms with Crippen molar-refractivity contribution in [1.82, 2.24) is 9.88 Å². The number of halogens is 1. The van der Waals surface area contributed by atoms with Crippen LogP contribution in [0.1, 0.15) is 30.5 Å². The topological polar surface area (TPSA) is 70.5 Å². The van der Waals surface area contributed by atoms with Gasteiger partial charge in [0, 0.05) is 29.5 Å². The Balaban J connectivity index is 2.19. The van der Waals surface area contributed by atoms with Crippen molar-refractivity contribution in [2.45, 2.75) is 19.4 Å². The molecule has 0 saturated carbocycles. The van der Waals surface area contributed by atoms with E-state index in [0.29, 0.717) is 23.6 Å². The lowest BCUT2D eigenvalue weighted by atomic mass is 9.96. The number of Topliss-reactive ketones (excluding diaryl/α,β-unsaturated/α-hetero) is 1. The SMILES string of the molecule is CCCN1C(=O)C(=O)/C(=C(\O)c2cccc(Cl)c2)C1c1ccncc1. The normalized spacial score (nSPS) is 19.4. The summed E-state index contributed by atoms with van der Waals surface area (Å²) < 4.78 is 0. The van der Waals surface area contributed by atoms with E-state index in [2.05, 4.69) is 4.98 Å². The maximum absolute atomic E-state index is 12.6. The number of hydrogen-bond acceptors (Lipinski definition) is 4. The summed E-state index contributed by atoms with van der Waals surface area (Å²) in [5, 5.41) is 11.2. The zero-order chi connectivity index (χ0) is 18.0. The van der Waals surface area contributed by atoms with Gasteiger partial charge in [0.25, 0.3) is 11.7 Å². The maximum atomic E-state index is 12.6. The first-order valence-corrected chi connectivity index (χ1v) is 8.36. The Labute approximate surface area is 150 Å². The van der Waals surface area contributed by atoms with Crippen LogP contribution < -0.4 is 0 Å². The van der Waals surface area contributed by atoms with E-state index in [1.165, 1.54) is 4.90 Å². The molecule has 0 aliphatic carbocycles. The fourth-order valence-electron chi connectivity index (χ4n) is 3.04. The Bertz CT molecular complexity index is 849. The van der Waals surface area contributed by atoms with E-state index < -0.39 is 17.7 Å². The van der Waals surface area contributed by atoms with Crippen molar-refractivity contribution >= 4 is 29.1 Å². The van der Waals surface area contributed by atoms with Crippen LogP contribution in [0.5, 0.6) is 0 Å². The summed E-state index contributed by atoms with van der Waals surface area (Å²) in [7, 11) is 0. The molecule has 128 valence electrons. The Morgan fingerprint density at radius 3 is 2.60 bits per heavy atom. The van der Waals surface area contributed by atoms with Crippen LogP contribution in [0.25, 0.3) is 5.76 Å². The molecule has 1 N–H and O–H groups in total. The standard InChI is InChI=1S/C19H17ClN2O3/c1-2-10-22-16(12-6-8-21-9-7-12)15(18(24)19(22)25)17(23)13-4-3-5-14(20)11-13/h3-9,11,16,23H,2,10H2,1H3/b17-15-. The van der Waals surface area contributed by atoms with E-state index in [9.17, 15) is 14.7 Å². The Hall–Kier alpha value is -2.66. The minimum absolute atomic E-state index is 0.0758. The number of hydrogen-bond donors (Lipinski definition) is 1. The van der Waals surface area contributed by atoms with Crippen LogP contribution in [0.15, 0.2) is 54.4 Å². The maximum Gasteiger partial charge on any atom is 0.295 e. The van der Waals surface area contributed by atoms with Crippen molar-refractivity contribution in [3.8, 4) is 0 Å². The molecular weight excluding hydrogens is 340 g/mol. The first-order chi connectivity index (χ1) is 12.0. The smallest absolute Gasteiger partial charge is 0.295 e. The molecule has 3 rings (SSSR count). The largest absolute Gasteiger partial charge is 0.507 e. The van der Waals surface area contributed by atoms with E-state index >= 15 is 0 Å². The molecule has 0 spiro atoms. The molecule has 2 heterocycles. The van der Waals surface area contributed by atoms with Gasteiger partial charge in [-0.1, -0.05) is 30.7 Å². The van der Waals surface area contributed by atoms with Crippen molar-refractivity contribution < 1.29 is 14.7 Å². The molecule has 0 radical (unpaired) electrons. The molecule has 1 saturated heterocycles. The lowest BCUT2D eigenvalue weighted by Gasteiger charge is -2.24. The van der Waals surface area contributed by atoms with Crippen LogP contribution in [0, 0.1) is 0 Å². The first-order valence-electron chi connectivity index (χ1n) is 7.99. The molecule has 1 aliphatic rings. The third kappa shape index (κ3) is 3.15. The van der Waals surface area contributed by atoms with Crippen molar-refractivity contribution in [2.75, 3.05) is 6.54 Å². The molecule has 1 unspecified atom stereocenters. The van der Waals surface area contributed by atoms with Crippen molar-refractivity contribution in [2.24, 2.45) is 0 Å². The predicted molar refractivity (Wildman–Crippen MR) is 95.0 cm³/mol. The highest BCUT2D eigenvalue weighted by Gasteiger charge is 2.45.